The van der Waals surface area contributed by atoms with Gasteiger partial charge in [0.1, 0.15) is 11.6 Å². The van der Waals surface area contributed by atoms with Crippen molar-refractivity contribution < 1.29 is 9.18 Å². The Morgan fingerprint density at radius 3 is 2.36 bits per heavy atom. The van der Waals surface area contributed by atoms with Crippen LogP contribution in [0.5, 0.6) is 0 Å². The number of benzene rings is 2. The first-order chi connectivity index (χ1) is 22.6. The molecule has 0 saturated heterocycles. The van der Waals surface area contributed by atoms with Gasteiger partial charge in [-0.15, -0.1) is 0 Å². The molecule has 47 heavy (non-hydrogen) atoms. The molecule has 0 atom stereocenters. The predicted molar refractivity (Wildman–Crippen MR) is 190 cm³/mol. The number of aromatic nitrogens is 4. The number of nitrogens with zero attached hydrogens (tertiary/aromatic N) is 1. The number of hydrogen-bond donors (Lipinski definition) is 5. The van der Waals surface area contributed by atoms with E-state index in [-0.39, 0.29) is 16.8 Å². The number of anilines is 1. The van der Waals surface area contributed by atoms with Crippen molar-refractivity contribution in [3.05, 3.63) is 115 Å². The molecule has 3 aromatic heterocycles. The van der Waals surface area contributed by atoms with E-state index in [1.807, 2.05) is 72.0 Å². The van der Waals surface area contributed by atoms with Crippen LogP contribution in [-0.4, -0.2) is 26.0 Å². The highest BCUT2D eigenvalue weighted by atomic mass is 35.5. The Kier molecular flexibility index (Phi) is 13.5. The zero-order valence-corrected chi connectivity index (χ0v) is 28.5. The van der Waals surface area contributed by atoms with Gasteiger partial charge in [0, 0.05) is 30.1 Å². The van der Waals surface area contributed by atoms with Gasteiger partial charge in [0.05, 0.1) is 21.7 Å². The Balaban J connectivity index is 0.000000201. The fourth-order valence-corrected chi connectivity index (χ4v) is 5.83. The molecule has 3 aliphatic carbocycles. The summed E-state index contributed by atoms with van der Waals surface area (Å²) in [7, 11) is 0. The molecule has 3 aliphatic rings. The molecule has 5 aromatic rings. The summed E-state index contributed by atoms with van der Waals surface area (Å²) in [5, 5.41) is 2.50. The molecule has 0 spiro atoms. The number of nitrogens with one attached hydrogen (secondary N) is 4. The van der Waals surface area contributed by atoms with Crippen LogP contribution >= 0.6 is 11.6 Å². The number of fused-ring (bicyclic) bond motifs is 1. The largest absolute Gasteiger partial charge is 0.351 e. The summed E-state index contributed by atoms with van der Waals surface area (Å²) in [5.41, 5.74) is 11.7. The molecule has 2 bridgehead atoms. The van der Waals surface area contributed by atoms with Gasteiger partial charge < -0.3 is 26.0 Å². The molecule has 0 unspecified atom stereocenters. The van der Waals surface area contributed by atoms with Gasteiger partial charge >= 0.3 is 6.03 Å². The number of aryl methyl sites for hydroxylation is 2. The van der Waals surface area contributed by atoms with Crippen LogP contribution in [0, 0.1) is 18.7 Å². The molecule has 0 radical (unpaired) electrons. The van der Waals surface area contributed by atoms with Gasteiger partial charge in [0.2, 0.25) is 11.1 Å². The Bertz CT molecular complexity index is 1910. The van der Waals surface area contributed by atoms with E-state index in [0.717, 1.165) is 52.7 Å². The lowest BCUT2D eigenvalue weighted by molar-refractivity contribution is 0.237. The van der Waals surface area contributed by atoms with Crippen LogP contribution in [0.2, 0.25) is 5.02 Å². The monoisotopic (exact) mass is 662 g/mol. The highest BCUT2D eigenvalue weighted by Gasteiger charge is 2.36. The van der Waals surface area contributed by atoms with Gasteiger partial charge in [0.25, 0.3) is 0 Å². The fourth-order valence-electron chi connectivity index (χ4n) is 5.56. The standard InChI is InChI=1S/C15H12ClFN4O.C10H11NO.C7H9NO.2C2H6/c1-7-19-12-3-2-8(4-14(12)20-7)9-5-11(17)13(6-10(9)16)21-15(18)22;12-10-4-8-3-6-1-7(2-6)9(8)5-11-10;1-2-6-3-4-8-7(9)5-6;2*1-2/h2-6H,1H3,(H,19,20)(H3,18,21,22);4-7H,1-3H2,(H,11,12);3-5H,2H2,1H3,(H,8,9);2*1-2H3. The minimum atomic E-state index is -0.850. The van der Waals surface area contributed by atoms with Gasteiger partial charge in [-0.2, -0.15) is 0 Å². The summed E-state index contributed by atoms with van der Waals surface area (Å²) in [6.45, 7) is 11.9. The number of nitrogens with two attached hydrogens (primary N) is 1. The van der Waals surface area contributed by atoms with Crippen molar-refractivity contribution in [3.63, 3.8) is 0 Å². The van der Waals surface area contributed by atoms with Crippen molar-refractivity contribution in [1.82, 2.24) is 19.9 Å². The summed E-state index contributed by atoms with van der Waals surface area (Å²) in [4.78, 5) is 45.2. The molecule has 1 saturated carbocycles. The molecule has 1 fully saturated rings. The first-order valence-corrected chi connectivity index (χ1v) is 16.4. The molecule has 2 amide bonds. The highest BCUT2D eigenvalue weighted by molar-refractivity contribution is 6.33. The smallest absolute Gasteiger partial charge is 0.316 e. The summed E-state index contributed by atoms with van der Waals surface area (Å²) >= 11 is 6.19. The first kappa shape index (κ1) is 36.8. The predicted octanol–water partition coefficient (Wildman–Crippen LogP) is 8.24. The van der Waals surface area contributed by atoms with Crippen molar-refractivity contribution in [3.8, 4) is 11.1 Å². The average Bonchev–Trinajstić information content (AvgIpc) is 3.43. The molecule has 8 rings (SSSR count). The number of H-pyrrole nitrogens is 3. The van der Waals surface area contributed by atoms with Crippen molar-refractivity contribution >= 4 is 34.4 Å². The highest BCUT2D eigenvalue weighted by Crippen LogP contribution is 2.48. The van der Waals surface area contributed by atoms with Gasteiger partial charge in [-0.25, -0.2) is 14.2 Å². The first-order valence-electron chi connectivity index (χ1n) is 16.0. The zero-order chi connectivity index (χ0) is 34.7. The van der Waals surface area contributed by atoms with Crippen LogP contribution in [0.15, 0.2) is 70.5 Å². The Labute approximate surface area is 279 Å². The van der Waals surface area contributed by atoms with Crippen LogP contribution < -0.4 is 22.2 Å². The maximum Gasteiger partial charge on any atom is 0.316 e. The summed E-state index contributed by atoms with van der Waals surface area (Å²) in [5.74, 6) is 1.82. The van der Waals surface area contributed by atoms with E-state index in [1.165, 1.54) is 36.1 Å². The lowest BCUT2D eigenvalue weighted by Crippen LogP contribution is -2.31. The van der Waals surface area contributed by atoms with Crippen LogP contribution in [0.1, 0.15) is 75.9 Å². The SMILES string of the molecule is CC.CC.CCc1cc[nH]c(=O)c1.Cc1nc2ccc(-c3cc(F)c(NC(N)=O)cc3Cl)cc2[nH]1.O=c1cc2c(c[nH]1)C1CC(C2)C1. The maximum atomic E-state index is 14.0. The van der Waals surface area contributed by atoms with Crippen molar-refractivity contribution in [2.75, 3.05) is 5.32 Å². The van der Waals surface area contributed by atoms with Crippen LogP contribution in [-0.2, 0) is 12.8 Å². The molecular weight excluding hydrogens is 619 g/mol. The number of urea groups is 1. The molecule has 0 aliphatic heterocycles. The van der Waals surface area contributed by atoms with Gasteiger partial charge in [-0.05, 0) is 97.0 Å². The fraction of sp³-hybridized carbons (Fsp3) is 0.333. The molecule has 2 aromatic carbocycles. The average molecular weight is 663 g/mol. The lowest BCUT2D eigenvalue weighted by Gasteiger charge is -2.42. The van der Waals surface area contributed by atoms with E-state index in [4.69, 9.17) is 17.3 Å². The maximum absolute atomic E-state index is 14.0. The summed E-state index contributed by atoms with van der Waals surface area (Å²) in [6, 6.07) is 12.5. The van der Waals surface area contributed by atoms with Crippen molar-refractivity contribution in [2.45, 2.75) is 73.1 Å². The summed E-state index contributed by atoms with van der Waals surface area (Å²) in [6.07, 6.45) is 8.33. The Hall–Kier alpha value is -4.70. The zero-order valence-electron chi connectivity index (χ0n) is 27.8. The molecule has 9 nitrogen and oxygen atoms in total. The molecular formula is C36H44ClFN6O3. The number of aromatic amines is 3. The van der Waals surface area contributed by atoms with Crippen molar-refractivity contribution in [1.29, 1.82) is 0 Å². The van der Waals surface area contributed by atoms with E-state index >= 15 is 0 Å². The van der Waals surface area contributed by atoms with Gasteiger partial charge in [-0.3, -0.25) is 9.59 Å². The molecule has 11 heteroatoms. The van der Waals surface area contributed by atoms with E-state index in [1.54, 1.807) is 18.3 Å². The number of rotatable bonds is 3. The number of primary amides is 1. The quantitative estimate of drug-likeness (QED) is 0.132. The third-order valence-corrected chi connectivity index (χ3v) is 8.02. The van der Waals surface area contributed by atoms with E-state index in [9.17, 15) is 18.8 Å². The lowest BCUT2D eigenvalue weighted by atomic mass is 9.63. The number of pyridine rings is 2. The number of carbonyl (C=O) groups is 1. The normalized spacial score (nSPS) is 15.0. The van der Waals surface area contributed by atoms with E-state index in [0.29, 0.717) is 10.6 Å². The minimum absolute atomic E-state index is 0.0191. The topological polar surface area (TPSA) is 150 Å². The van der Waals surface area contributed by atoms with Crippen molar-refractivity contribution in [2.24, 2.45) is 11.7 Å². The number of amides is 2. The summed E-state index contributed by atoms with van der Waals surface area (Å²) < 4.78 is 14.0. The van der Waals surface area contributed by atoms with Crippen LogP contribution in [0.25, 0.3) is 22.2 Å². The minimum Gasteiger partial charge on any atom is -0.351 e. The molecule has 3 heterocycles. The van der Waals surface area contributed by atoms with Crippen LogP contribution in [0.4, 0.5) is 14.9 Å². The number of halogens is 2. The molecule has 250 valence electrons. The third kappa shape index (κ3) is 9.65. The molecule has 6 N–H and O–H groups in total. The van der Waals surface area contributed by atoms with Gasteiger partial charge in [0.15, 0.2) is 0 Å². The van der Waals surface area contributed by atoms with E-state index in [2.05, 4.69) is 25.3 Å². The third-order valence-electron chi connectivity index (χ3n) is 7.70. The second-order valence-corrected chi connectivity index (χ2v) is 11.2. The van der Waals surface area contributed by atoms with Gasteiger partial charge in [-0.1, -0.05) is 52.3 Å². The number of carbonyl (C=O) groups excluding carboxylic acids is 1. The van der Waals surface area contributed by atoms with Crippen LogP contribution in [0.3, 0.4) is 0 Å². The number of hydrogen-bond acceptors (Lipinski definition) is 4. The second-order valence-electron chi connectivity index (χ2n) is 10.8. The Morgan fingerprint density at radius 1 is 1.02 bits per heavy atom. The number of imidazole rings is 1. The second kappa shape index (κ2) is 17.3. The Morgan fingerprint density at radius 2 is 1.72 bits per heavy atom. The van der Waals surface area contributed by atoms with E-state index < -0.39 is 11.8 Å².